The van der Waals surface area contributed by atoms with Gasteiger partial charge in [-0.25, -0.2) is 9.79 Å². The molecule has 1 amide bonds. The molecule has 3 unspecified atom stereocenters. The minimum absolute atomic E-state index is 0.00964. The second kappa shape index (κ2) is 9.96. The Labute approximate surface area is 205 Å². The number of benzene rings is 1. The zero-order valence-corrected chi connectivity index (χ0v) is 21.6. The highest BCUT2D eigenvalue weighted by molar-refractivity contribution is 8.16. The van der Waals surface area contributed by atoms with Crippen molar-refractivity contribution in [3.05, 3.63) is 57.3 Å². The first-order valence-electron chi connectivity index (χ1n) is 11.8. The van der Waals surface area contributed by atoms with Gasteiger partial charge in [0.15, 0.2) is 5.17 Å². The van der Waals surface area contributed by atoms with Crippen LogP contribution in [0, 0.1) is 13.8 Å². The van der Waals surface area contributed by atoms with Crippen molar-refractivity contribution in [2.24, 2.45) is 4.99 Å². The minimum Gasteiger partial charge on any atom is -0.466 e. The van der Waals surface area contributed by atoms with E-state index in [1.807, 2.05) is 38.0 Å². The van der Waals surface area contributed by atoms with Gasteiger partial charge in [-0.15, -0.1) is 0 Å². The lowest BCUT2D eigenvalue weighted by atomic mass is 9.89. The van der Waals surface area contributed by atoms with Gasteiger partial charge in [-0.3, -0.25) is 4.79 Å². The van der Waals surface area contributed by atoms with Crippen molar-refractivity contribution in [2.45, 2.75) is 65.7 Å². The normalized spacial score (nSPS) is 24.6. The number of carbonyl (C=O) groups is 2. The van der Waals surface area contributed by atoms with E-state index in [1.54, 1.807) is 0 Å². The number of aryl methyl sites for hydroxylation is 2. The highest BCUT2D eigenvalue weighted by Gasteiger charge is 2.42. The van der Waals surface area contributed by atoms with E-state index in [1.165, 1.54) is 18.9 Å². The Kier molecular flexibility index (Phi) is 7.19. The maximum atomic E-state index is 13.3. The van der Waals surface area contributed by atoms with Crippen LogP contribution in [0.2, 0.25) is 0 Å². The number of nitrogens with zero attached hydrogens (tertiary/aromatic N) is 3. The summed E-state index contributed by atoms with van der Waals surface area (Å²) < 4.78 is 11.0. The van der Waals surface area contributed by atoms with Crippen LogP contribution in [0.15, 0.2) is 45.6 Å². The predicted molar refractivity (Wildman–Crippen MR) is 134 cm³/mol. The summed E-state index contributed by atoms with van der Waals surface area (Å²) in [5.74, 6) is -0.330. The number of allylic oxidation sites excluding steroid dienone is 1. The number of aliphatic imine (C=N–C) groups is 1. The molecule has 8 heteroatoms. The van der Waals surface area contributed by atoms with E-state index in [0.29, 0.717) is 25.1 Å². The molecule has 4 rings (SSSR count). The standard InChI is InChI=1S/C26H33N3O4S/c1-7-21-23(25(31)32-6)24(20-10-15(2)8-9-16(20)3)29-19(14-34-26(29)27-21)11-22(30)28-12-17(4)33-18(5)13-28/h8-10,14,17-18,24H,7,11-13H2,1-6H3. The van der Waals surface area contributed by atoms with Crippen LogP contribution < -0.4 is 0 Å². The summed E-state index contributed by atoms with van der Waals surface area (Å²) >= 11 is 1.51. The van der Waals surface area contributed by atoms with Gasteiger partial charge >= 0.3 is 5.97 Å². The van der Waals surface area contributed by atoms with E-state index in [2.05, 4.69) is 30.0 Å². The Morgan fingerprint density at radius 3 is 2.56 bits per heavy atom. The van der Waals surface area contributed by atoms with Gasteiger partial charge in [0.25, 0.3) is 0 Å². The molecular formula is C26H33N3O4S. The van der Waals surface area contributed by atoms with Gasteiger partial charge in [0.05, 0.1) is 43.1 Å². The van der Waals surface area contributed by atoms with Gasteiger partial charge in [0.2, 0.25) is 5.91 Å². The first kappa shape index (κ1) is 24.5. The fourth-order valence-corrected chi connectivity index (χ4v) is 5.85. The number of fused-ring (bicyclic) bond motifs is 1. The zero-order chi connectivity index (χ0) is 24.6. The maximum absolute atomic E-state index is 13.3. The molecule has 0 radical (unpaired) electrons. The van der Waals surface area contributed by atoms with Crippen LogP contribution in [0.4, 0.5) is 0 Å². The Balaban J connectivity index is 1.73. The summed E-state index contributed by atoms with van der Waals surface area (Å²) in [6.45, 7) is 11.2. The van der Waals surface area contributed by atoms with E-state index >= 15 is 0 Å². The summed E-state index contributed by atoms with van der Waals surface area (Å²) in [6, 6.07) is 5.86. The van der Waals surface area contributed by atoms with Gasteiger partial charge in [-0.2, -0.15) is 0 Å². The number of ether oxygens (including phenoxy) is 2. The molecule has 182 valence electrons. The van der Waals surface area contributed by atoms with Gasteiger partial charge in [-0.1, -0.05) is 42.4 Å². The van der Waals surface area contributed by atoms with Crippen molar-refractivity contribution in [1.82, 2.24) is 9.80 Å². The number of amidine groups is 1. The third-order valence-electron chi connectivity index (χ3n) is 6.46. The van der Waals surface area contributed by atoms with Crippen LogP contribution in [0.25, 0.3) is 0 Å². The molecule has 0 saturated carbocycles. The first-order valence-corrected chi connectivity index (χ1v) is 12.7. The molecule has 1 aromatic carbocycles. The Bertz CT molecular complexity index is 1080. The van der Waals surface area contributed by atoms with Gasteiger partial charge in [0, 0.05) is 18.8 Å². The highest BCUT2D eigenvalue weighted by atomic mass is 32.2. The monoisotopic (exact) mass is 483 g/mol. The summed E-state index contributed by atoms with van der Waals surface area (Å²) in [5, 5.41) is 2.79. The number of amides is 1. The van der Waals surface area contributed by atoms with E-state index < -0.39 is 6.04 Å². The molecule has 0 spiro atoms. The van der Waals surface area contributed by atoms with E-state index in [0.717, 1.165) is 33.3 Å². The van der Waals surface area contributed by atoms with Crippen LogP contribution in [0.1, 0.15) is 56.3 Å². The van der Waals surface area contributed by atoms with E-state index in [9.17, 15) is 9.59 Å². The first-order chi connectivity index (χ1) is 16.2. The molecule has 1 saturated heterocycles. The van der Waals surface area contributed by atoms with Gasteiger partial charge in [0.1, 0.15) is 0 Å². The topological polar surface area (TPSA) is 71.4 Å². The molecule has 0 N–H and O–H groups in total. The quantitative estimate of drug-likeness (QED) is 0.576. The number of thioether (sulfide) groups is 1. The number of esters is 1. The molecule has 3 aliphatic rings. The second-order valence-corrected chi connectivity index (χ2v) is 10.0. The van der Waals surface area contributed by atoms with Crippen molar-refractivity contribution in [3.8, 4) is 0 Å². The average Bonchev–Trinajstić information content (AvgIpc) is 3.20. The zero-order valence-electron chi connectivity index (χ0n) is 20.8. The molecular weight excluding hydrogens is 450 g/mol. The number of hydrogen-bond acceptors (Lipinski definition) is 7. The van der Waals surface area contributed by atoms with Crippen molar-refractivity contribution in [3.63, 3.8) is 0 Å². The largest absolute Gasteiger partial charge is 0.466 e. The summed E-state index contributed by atoms with van der Waals surface area (Å²) in [6.07, 6.45) is 0.871. The van der Waals surface area contributed by atoms with Crippen LogP contribution in [-0.4, -0.2) is 59.3 Å². The lowest BCUT2D eigenvalue weighted by Gasteiger charge is -2.39. The molecule has 3 heterocycles. The Morgan fingerprint density at radius 1 is 1.21 bits per heavy atom. The molecule has 3 atom stereocenters. The van der Waals surface area contributed by atoms with Crippen molar-refractivity contribution < 1.29 is 19.1 Å². The van der Waals surface area contributed by atoms with Gasteiger partial charge < -0.3 is 19.3 Å². The lowest BCUT2D eigenvalue weighted by molar-refractivity contribution is -0.142. The predicted octanol–water partition coefficient (Wildman–Crippen LogP) is 4.47. The number of rotatable bonds is 5. The van der Waals surface area contributed by atoms with Crippen LogP contribution >= 0.6 is 11.8 Å². The number of methoxy groups -OCH3 is 1. The number of carbonyl (C=O) groups excluding carboxylic acids is 2. The summed E-state index contributed by atoms with van der Waals surface area (Å²) in [5.41, 5.74) is 5.32. The minimum atomic E-state index is -0.397. The van der Waals surface area contributed by atoms with Crippen LogP contribution in [-0.2, 0) is 19.1 Å². The Hall–Kier alpha value is -2.58. The van der Waals surface area contributed by atoms with Crippen molar-refractivity contribution in [2.75, 3.05) is 20.2 Å². The number of hydrogen-bond donors (Lipinski definition) is 0. The molecule has 3 aliphatic heterocycles. The SMILES string of the molecule is CCC1=C(C(=O)OC)C(c2cc(C)ccc2C)N2C(CC(=O)N3CC(C)OC(C)C3)=CSC2=N1. The van der Waals surface area contributed by atoms with Crippen molar-refractivity contribution in [1.29, 1.82) is 0 Å². The Morgan fingerprint density at radius 2 is 1.91 bits per heavy atom. The molecule has 0 bridgehead atoms. The second-order valence-electron chi connectivity index (χ2n) is 9.19. The highest BCUT2D eigenvalue weighted by Crippen LogP contribution is 2.46. The molecule has 7 nitrogen and oxygen atoms in total. The summed E-state index contributed by atoms with van der Waals surface area (Å²) in [7, 11) is 1.40. The molecule has 0 aromatic heterocycles. The summed E-state index contributed by atoms with van der Waals surface area (Å²) in [4.78, 5) is 35.1. The molecule has 34 heavy (non-hydrogen) atoms. The van der Waals surface area contributed by atoms with Crippen LogP contribution in [0.5, 0.6) is 0 Å². The fourth-order valence-electron chi connectivity index (χ4n) is 4.91. The third kappa shape index (κ3) is 4.66. The smallest absolute Gasteiger partial charge is 0.338 e. The van der Waals surface area contributed by atoms with E-state index in [4.69, 9.17) is 14.5 Å². The average molecular weight is 484 g/mol. The maximum Gasteiger partial charge on any atom is 0.338 e. The van der Waals surface area contributed by atoms with Crippen molar-refractivity contribution >= 4 is 28.8 Å². The van der Waals surface area contributed by atoms with Crippen LogP contribution in [0.3, 0.4) is 0 Å². The van der Waals surface area contributed by atoms with E-state index in [-0.39, 0.29) is 30.5 Å². The lowest BCUT2D eigenvalue weighted by Crippen LogP contribution is -2.48. The molecule has 1 aromatic rings. The fraction of sp³-hybridized carbons (Fsp3) is 0.500. The third-order valence-corrected chi connectivity index (χ3v) is 7.35. The van der Waals surface area contributed by atoms with Gasteiger partial charge in [-0.05, 0) is 50.7 Å². The molecule has 0 aliphatic carbocycles. The molecule has 1 fully saturated rings. The number of morpholine rings is 1.